The lowest BCUT2D eigenvalue weighted by Gasteiger charge is -2.11. The summed E-state index contributed by atoms with van der Waals surface area (Å²) in [7, 11) is 1.97. The third-order valence-corrected chi connectivity index (χ3v) is 2.84. The highest BCUT2D eigenvalue weighted by molar-refractivity contribution is 5.15. The molecule has 1 N–H and O–H groups in total. The second kappa shape index (κ2) is 5.91. The van der Waals surface area contributed by atoms with Crippen molar-refractivity contribution in [2.24, 2.45) is 5.92 Å². The lowest BCUT2D eigenvalue weighted by atomic mass is 10.1. The molecule has 0 bridgehead atoms. The summed E-state index contributed by atoms with van der Waals surface area (Å²) in [6.07, 6.45) is 4.51. The van der Waals surface area contributed by atoms with Crippen LogP contribution in [0.15, 0.2) is 6.20 Å². The van der Waals surface area contributed by atoms with Crippen molar-refractivity contribution in [3.05, 3.63) is 17.5 Å². The topological polar surface area (TPSA) is 29.9 Å². The van der Waals surface area contributed by atoms with Crippen LogP contribution in [-0.4, -0.2) is 16.8 Å². The molecule has 0 amide bonds. The maximum Gasteiger partial charge on any atom is 0.0537 e. The van der Waals surface area contributed by atoms with Gasteiger partial charge in [0.2, 0.25) is 0 Å². The van der Waals surface area contributed by atoms with E-state index in [9.17, 15) is 0 Å². The minimum absolute atomic E-state index is 0.719. The summed E-state index contributed by atoms with van der Waals surface area (Å²) in [6.45, 7) is 8.64. The molecule has 0 aliphatic heterocycles. The number of hydrogen-bond donors (Lipinski definition) is 1. The molecule has 3 heteroatoms. The molecule has 1 aromatic heterocycles. The summed E-state index contributed by atoms with van der Waals surface area (Å²) in [5, 5.41) is 7.60. The van der Waals surface area contributed by atoms with Crippen molar-refractivity contribution in [2.45, 2.75) is 46.7 Å². The Kier molecular flexibility index (Phi) is 4.82. The van der Waals surface area contributed by atoms with Crippen LogP contribution in [0.3, 0.4) is 0 Å². The number of rotatable bonds is 6. The van der Waals surface area contributed by atoms with E-state index in [1.165, 1.54) is 24.1 Å². The van der Waals surface area contributed by atoms with Crippen molar-refractivity contribution in [1.82, 2.24) is 15.1 Å². The number of aromatic nitrogens is 2. The number of hydrogen-bond acceptors (Lipinski definition) is 2. The van der Waals surface area contributed by atoms with Gasteiger partial charge < -0.3 is 5.32 Å². The van der Waals surface area contributed by atoms with Crippen LogP contribution in [0.2, 0.25) is 0 Å². The molecule has 3 nitrogen and oxygen atoms in total. The Bertz CT molecular complexity index is 291. The van der Waals surface area contributed by atoms with Gasteiger partial charge in [-0.15, -0.1) is 0 Å². The summed E-state index contributed by atoms with van der Waals surface area (Å²) in [5.41, 5.74) is 2.61. The summed E-state index contributed by atoms with van der Waals surface area (Å²) in [6, 6.07) is 0. The highest BCUT2D eigenvalue weighted by Crippen LogP contribution is 2.12. The maximum atomic E-state index is 4.43. The van der Waals surface area contributed by atoms with E-state index in [1.807, 2.05) is 13.2 Å². The Morgan fingerprint density at radius 3 is 2.87 bits per heavy atom. The van der Waals surface area contributed by atoms with Crippen LogP contribution < -0.4 is 5.32 Å². The second-order valence-corrected chi connectivity index (χ2v) is 4.36. The highest BCUT2D eigenvalue weighted by atomic mass is 15.3. The average molecular weight is 209 g/mol. The molecular formula is C12H23N3. The van der Waals surface area contributed by atoms with Crippen LogP contribution in [0.5, 0.6) is 0 Å². The quantitative estimate of drug-likeness (QED) is 0.779. The molecule has 0 saturated heterocycles. The molecule has 1 rings (SSSR count). The molecule has 0 fully saturated rings. The molecular weight excluding hydrogens is 186 g/mol. The van der Waals surface area contributed by atoms with Crippen molar-refractivity contribution in [2.75, 3.05) is 7.05 Å². The van der Waals surface area contributed by atoms with Gasteiger partial charge in [-0.3, -0.25) is 4.68 Å². The third-order valence-electron chi connectivity index (χ3n) is 2.84. The van der Waals surface area contributed by atoms with Gasteiger partial charge in [-0.05, 0) is 26.3 Å². The van der Waals surface area contributed by atoms with Gasteiger partial charge in [-0.2, -0.15) is 5.10 Å². The van der Waals surface area contributed by atoms with Gasteiger partial charge in [0.1, 0.15) is 0 Å². The molecule has 0 aliphatic rings. The fourth-order valence-corrected chi connectivity index (χ4v) is 1.91. The van der Waals surface area contributed by atoms with Crippen LogP contribution in [0, 0.1) is 12.8 Å². The normalized spacial score (nSPS) is 13.1. The van der Waals surface area contributed by atoms with Gasteiger partial charge in [-0.1, -0.05) is 20.3 Å². The average Bonchev–Trinajstić information content (AvgIpc) is 2.51. The van der Waals surface area contributed by atoms with E-state index in [1.54, 1.807) is 0 Å². The zero-order chi connectivity index (χ0) is 11.3. The van der Waals surface area contributed by atoms with Crippen molar-refractivity contribution < 1.29 is 0 Å². The molecule has 0 aromatic carbocycles. The first-order valence-corrected chi connectivity index (χ1v) is 5.84. The monoisotopic (exact) mass is 209 g/mol. The molecule has 86 valence electrons. The zero-order valence-electron chi connectivity index (χ0n) is 10.4. The first-order valence-electron chi connectivity index (χ1n) is 5.84. The summed E-state index contributed by atoms with van der Waals surface area (Å²) in [5.74, 6) is 0.719. The van der Waals surface area contributed by atoms with Gasteiger partial charge >= 0.3 is 0 Å². The molecule has 0 saturated carbocycles. The molecule has 15 heavy (non-hydrogen) atoms. The van der Waals surface area contributed by atoms with E-state index < -0.39 is 0 Å². The SMILES string of the molecule is CCCC(C)Cn1ncc(CNC)c1C. The zero-order valence-corrected chi connectivity index (χ0v) is 10.4. The molecule has 1 heterocycles. The molecule has 0 spiro atoms. The van der Waals surface area contributed by atoms with Crippen molar-refractivity contribution in [1.29, 1.82) is 0 Å². The first kappa shape index (κ1) is 12.2. The minimum atomic E-state index is 0.719. The fourth-order valence-electron chi connectivity index (χ4n) is 1.91. The predicted octanol–water partition coefficient (Wildman–Crippen LogP) is 2.35. The van der Waals surface area contributed by atoms with E-state index in [-0.39, 0.29) is 0 Å². The van der Waals surface area contributed by atoms with E-state index in [0.29, 0.717) is 0 Å². The van der Waals surface area contributed by atoms with Crippen LogP contribution in [0.25, 0.3) is 0 Å². The Balaban J connectivity index is 2.61. The molecule has 0 radical (unpaired) electrons. The molecule has 1 unspecified atom stereocenters. The second-order valence-electron chi connectivity index (χ2n) is 4.36. The van der Waals surface area contributed by atoms with E-state index >= 15 is 0 Å². The lowest BCUT2D eigenvalue weighted by Crippen LogP contribution is -2.11. The van der Waals surface area contributed by atoms with Crippen LogP contribution >= 0.6 is 0 Å². The minimum Gasteiger partial charge on any atom is -0.316 e. The first-order chi connectivity index (χ1) is 7.19. The standard InChI is InChI=1S/C12H23N3/c1-5-6-10(2)9-15-11(3)12(7-13-4)8-14-15/h8,10,13H,5-7,9H2,1-4H3. The molecule has 1 atom stereocenters. The predicted molar refractivity (Wildman–Crippen MR) is 63.8 cm³/mol. The largest absolute Gasteiger partial charge is 0.316 e. The van der Waals surface area contributed by atoms with Crippen LogP contribution in [0.4, 0.5) is 0 Å². The fraction of sp³-hybridized carbons (Fsp3) is 0.750. The van der Waals surface area contributed by atoms with Gasteiger partial charge in [0.25, 0.3) is 0 Å². The Morgan fingerprint density at radius 1 is 1.53 bits per heavy atom. The van der Waals surface area contributed by atoms with Gasteiger partial charge in [0.15, 0.2) is 0 Å². The van der Waals surface area contributed by atoms with E-state index in [4.69, 9.17) is 0 Å². The number of nitrogens with one attached hydrogen (secondary N) is 1. The summed E-state index contributed by atoms with van der Waals surface area (Å²) >= 11 is 0. The van der Waals surface area contributed by atoms with Gasteiger partial charge in [-0.25, -0.2) is 0 Å². The third kappa shape index (κ3) is 3.34. The molecule has 0 aliphatic carbocycles. The van der Waals surface area contributed by atoms with E-state index in [0.717, 1.165) is 19.0 Å². The summed E-state index contributed by atoms with van der Waals surface area (Å²) < 4.78 is 2.13. The Labute approximate surface area is 92.9 Å². The van der Waals surface area contributed by atoms with Crippen molar-refractivity contribution in [3.8, 4) is 0 Å². The van der Waals surface area contributed by atoms with Crippen LogP contribution in [0.1, 0.15) is 37.9 Å². The Hall–Kier alpha value is -0.830. The number of nitrogens with zero attached hydrogens (tertiary/aromatic N) is 2. The lowest BCUT2D eigenvalue weighted by molar-refractivity contribution is 0.414. The molecule has 1 aromatic rings. The van der Waals surface area contributed by atoms with E-state index in [2.05, 4.69) is 35.9 Å². The highest BCUT2D eigenvalue weighted by Gasteiger charge is 2.08. The van der Waals surface area contributed by atoms with Gasteiger partial charge in [0.05, 0.1) is 6.20 Å². The smallest absolute Gasteiger partial charge is 0.0537 e. The van der Waals surface area contributed by atoms with Crippen molar-refractivity contribution >= 4 is 0 Å². The summed E-state index contributed by atoms with van der Waals surface area (Å²) in [4.78, 5) is 0. The van der Waals surface area contributed by atoms with Gasteiger partial charge in [0, 0.05) is 24.3 Å². The Morgan fingerprint density at radius 2 is 2.27 bits per heavy atom. The van der Waals surface area contributed by atoms with Crippen LogP contribution in [-0.2, 0) is 13.1 Å². The maximum absolute atomic E-state index is 4.43. The van der Waals surface area contributed by atoms with Crippen molar-refractivity contribution in [3.63, 3.8) is 0 Å².